The van der Waals surface area contributed by atoms with E-state index in [1.807, 2.05) is 0 Å². The van der Waals surface area contributed by atoms with Gasteiger partial charge in [0.1, 0.15) is 13.2 Å². The summed E-state index contributed by atoms with van der Waals surface area (Å²) in [6.07, 6.45) is 58.2. The predicted molar refractivity (Wildman–Crippen MR) is 248 cm³/mol. The fourth-order valence-corrected chi connectivity index (χ4v) is 10.2. The fourth-order valence-electron chi connectivity index (χ4n) is 10.2. The van der Waals surface area contributed by atoms with Gasteiger partial charge in [0.2, 0.25) is 5.91 Å². The van der Waals surface area contributed by atoms with Gasteiger partial charge in [0.05, 0.1) is 0 Å². The summed E-state index contributed by atoms with van der Waals surface area (Å²) in [6, 6.07) is 0.761. The highest BCUT2D eigenvalue weighted by atomic mass is 16.5. The van der Waals surface area contributed by atoms with Gasteiger partial charge in [-0.3, -0.25) is 9.59 Å². The van der Waals surface area contributed by atoms with Crippen molar-refractivity contribution in [3.63, 3.8) is 0 Å². The number of ketones is 1. The highest BCUT2D eigenvalue weighted by Gasteiger charge is 2.32. The molecule has 4 heteroatoms. The lowest BCUT2D eigenvalue weighted by atomic mass is 9.88. The first-order valence-corrected chi connectivity index (χ1v) is 26.6. The van der Waals surface area contributed by atoms with Crippen molar-refractivity contribution < 1.29 is 14.3 Å². The molecule has 1 amide bonds. The maximum Gasteiger partial charge on any atom is 0.249 e. The molecule has 2 rings (SSSR count). The second kappa shape index (κ2) is 39.2. The Bertz CT molecular complexity index is 823. The Kier molecular flexibility index (Phi) is 36.0. The van der Waals surface area contributed by atoms with Crippen molar-refractivity contribution in [2.75, 3.05) is 13.2 Å². The smallest absolute Gasteiger partial charge is 0.249 e. The molecule has 57 heavy (non-hydrogen) atoms. The van der Waals surface area contributed by atoms with E-state index in [1.165, 1.54) is 231 Å². The molecule has 2 saturated carbocycles. The lowest BCUT2D eigenvalue weighted by molar-refractivity contribution is -0.144. The number of carbonyl (C=O) groups excluding carboxylic acids is 2. The first-order chi connectivity index (χ1) is 28.2. The topological polar surface area (TPSA) is 46.6 Å². The van der Waals surface area contributed by atoms with E-state index in [0.29, 0.717) is 12.1 Å². The number of hydrogen-bond acceptors (Lipinski definition) is 3. The van der Waals surface area contributed by atoms with E-state index in [9.17, 15) is 9.59 Å². The standard InChI is InChI=1S/C53H101NO3/c1-3-5-7-9-11-13-15-17-19-21-23-25-27-29-31-35-41-49(42-36-32-30-28-26-24-22-20-18-16-14-12-10-8-6-4-2)52(55)47-57-48-53(56)54(50-43-37-33-38-44-50)51-45-39-34-40-46-51/h49-51H,3-48H2,1-2H3. The van der Waals surface area contributed by atoms with Crippen molar-refractivity contribution in [1.82, 2.24) is 4.90 Å². The highest BCUT2D eigenvalue weighted by molar-refractivity contribution is 5.83. The van der Waals surface area contributed by atoms with Crippen LogP contribution >= 0.6 is 0 Å². The second-order valence-corrected chi connectivity index (χ2v) is 19.2. The third-order valence-electron chi connectivity index (χ3n) is 14.0. The number of hydrogen-bond donors (Lipinski definition) is 0. The molecule has 2 aliphatic carbocycles. The summed E-state index contributed by atoms with van der Waals surface area (Å²) in [5.41, 5.74) is 0. The average molecular weight is 800 g/mol. The third-order valence-corrected chi connectivity index (χ3v) is 14.0. The minimum absolute atomic E-state index is 0.0869. The van der Waals surface area contributed by atoms with Gasteiger partial charge in [0, 0.05) is 18.0 Å². The minimum Gasteiger partial charge on any atom is -0.364 e. The predicted octanol–water partition coefficient (Wildman–Crippen LogP) is 17.0. The van der Waals surface area contributed by atoms with Gasteiger partial charge in [-0.25, -0.2) is 0 Å². The van der Waals surface area contributed by atoms with Crippen LogP contribution < -0.4 is 0 Å². The van der Waals surface area contributed by atoms with E-state index in [-0.39, 0.29) is 30.8 Å². The van der Waals surface area contributed by atoms with E-state index < -0.39 is 0 Å². The zero-order valence-electron chi connectivity index (χ0n) is 38.9. The Morgan fingerprint density at radius 2 is 0.684 bits per heavy atom. The van der Waals surface area contributed by atoms with Crippen LogP contribution in [0.4, 0.5) is 0 Å². The molecule has 2 aliphatic rings. The maximum atomic E-state index is 13.7. The Morgan fingerprint density at radius 1 is 0.404 bits per heavy atom. The molecule has 0 radical (unpaired) electrons. The summed E-state index contributed by atoms with van der Waals surface area (Å²) in [6.45, 7) is 4.81. The van der Waals surface area contributed by atoms with Crippen LogP contribution in [0.3, 0.4) is 0 Å². The van der Waals surface area contributed by atoms with Gasteiger partial charge in [-0.2, -0.15) is 0 Å². The van der Waals surface area contributed by atoms with Gasteiger partial charge >= 0.3 is 0 Å². The molecule has 4 nitrogen and oxygen atoms in total. The molecule has 0 N–H and O–H groups in total. The first kappa shape index (κ1) is 52.2. The molecule has 0 aromatic heterocycles. The van der Waals surface area contributed by atoms with Crippen molar-refractivity contribution in [3.05, 3.63) is 0 Å². The number of amides is 1. The molecule has 336 valence electrons. The molecule has 0 saturated heterocycles. The quantitative estimate of drug-likeness (QED) is 0.0579. The molecule has 0 aromatic rings. The zero-order valence-corrected chi connectivity index (χ0v) is 38.9. The number of rotatable bonds is 41. The van der Waals surface area contributed by atoms with E-state index >= 15 is 0 Å². The molecule has 2 fully saturated rings. The van der Waals surface area contributed by atoms with Crippen LogP contribution in [0.5, 0.6) is 0 Å². The number of nitrogens with zero attached hydrogens (tertiary/aromatic N) is 1. The molecule has 0 unspecified atom stereocenters. The summed E-state index contributed by atoms with van der Waals surface area (Å²) < 4.78 is 6.03. The van der Waals surface area contributed by atoms with Crippen LogP contribution in [0.2, 0.25) is 0 Å². The van der Waals surface area contributed by atoms with Crippen LogP contribution in [-0.2, 0) is 14.3 Å². The van der Waals surface area contributed by atoms with Gasteiger partial charge in [0.15, 0.2) is 5.78 Å². The number of unbranched alkanes of at least 4 members (excludes halogenated alkanes) is 30. The van der Waals surface area contributed by atoms with Gasteiger partial charge in [-0.15, -0.1) is 0 Å². The van der Waals surface area contributed by atoms with Crippen LogP contribution in [0.15, 0.2) is 0 Å². The summed E-state index contributed by atoms with van der Waals surface area (Å²) in [5, 5.41) is 0. The molecule has 0 aromatic carbocycles. The Balaban J connectivity index is 1.65. The number of ether oxygens (including phenoxy) is 1. The van der Waals surface area contributed by atoms with Crippen LogP contribution in [0, 0.1) is 5.92 Å². The lowest BCUT2D eigenvalue weighted by Crippen LogP contribution is -2.50. The van der Waals surface area contributed by atoms with E-state index in [0.717, 1.165) is 51.4 Å². The van der Waals surface area contributed by atoms with Gasteiger partial charge in [0.25, 0.3) is 0 Å². The largest absolute Gasteiger partial charge is 0.364 e. The minimum atomic E-state index is 0.0869. The van der Waals surface area contributed by atoms with E-state index in [1.54, 1.807) is 0 Å². The molecule has 0 bridgehead atoms. The van der Waals surface area contributed by atoms with Crippen LogP contribution in [-0.4, -0.2) is 41.9 Å². The van der Waals surface area contributed by atoms with Crippen molar-refractivity contribution in [3.8, 4) is 0 Å². The Hall–Kier alpha value is -0.900. The SMILES string of the molecule is CCCCCCCCCCCCCCCCCCC(CCCCCCCCCCCCCCCCCC)C(=O)COCC(=O)N(C1CCCCC1)C1CCCCC1. The maximum absolute atomic E-state index is 13.7. The van der Waals surface area contributed by atoms with Crippen LogP contribution in [0.1, 0.15) is 296 Å². The van der Waals surface area contributed by atoms with Crippen molar-refractivity contribution in [2.24, 2.45) is 5.92 Å². The number of carbonyl (C=O) groups is 2. The Morgan fingerprint density at radius 3 is 0.982 bits per heavy atom. The van der Waals surface area contributed by atoms with Crippen LogP contribution in [0.25, 0.3) is 0 Å². The Labute approximate surface area is 357 Å². The highest BCUT2D eigenvalue weighted by Crippen LogP contribution is 2.30. The fraction of sp³-hybridized carbons (Fsp3) is 0.962. The molecule has 0 spiro atoms. The lowest BCUT2D eigenvalue weighted by Gasteiger charge is -2.41. The van der Waals surface area contributed by atoms with Gasteiger partial charge in [-0.1, -0.05) is 258 Å². The zero-order chi connectivity index (χ0) is 40.7. The molecule has 0 atom stereocenters. The second-order valence-electron chi connectivity index (χ2n) is 19.2. The normalized spacial score (nSPS) is 15.5. The van der Waals surface area contributed by atoms with E-state index in [4.69, 9.17) is 4.74 Å². The molecule has 0 heterocycles. The monoisotopic (exact) mass is 800 g/mol. The summed E-state index contributed by atoms with van der Waals surface area (Å²) in [7, 11) is 0. The van der Waals surface area contributed by atoms with Crippen molar-refractivity contribution >= 4 is 11.7 Å². The summed E-state index contributed by atoms with van der Waals surface area (Å²) in [5.74, 6) is 0.506. The third kappa shape index (κ3) is 29.1. The molecular formula is C53H101NO3. The van der Waals surface area contributed by atoms with E-state index in [2.05, 4.69) is 18.7 Å². The van der Waals surface area contributed by atoms with Crippen molar-refractivity contribution in [2.45, 2.75) is 308 Å². The molecule has 0 aliphatic heterocycles. The van der Waals surface area contributed by atoms with Crippen molar-refractivity contribution in [1.29, 1.82) is 0 Å². The van der Waals surface area contributed by atoms with Gasteiger partial charge < -0.3 is 9.64 Å². The first-order valence-electron chi connectivity index (χ1n) is 26.6. The number of Topliss-reactive ketones (excluding diaryl/α,β-unsaturated/α-hetero) is 1. The average Bonchev–Trinajstić information content (AvgIpc) is 3.23. The summed E-state index contributed by atoms with van der Waals surface area (Å²) in [4.78, 5) is 29.5. The summed E-state index contributed by atoms with van der Waals surface area (Å²) >= 11 is 0. The molecular weight excluding hydrogens is 699 g/mol. The van der Waals surface area contributed by atoms with Gasteiger partial charge in [-0.05, 0) is 38.5 Å².